The molecule has 1 atom stereocenters. The third-order valence-corrected chi connectivity index (χ3v) is 7.21. The molecule has 3 aromatic rings. The Bertz CT molecular complexity index is 1340. The van der Waals surface area contributed by atoms with Crippen molar-refractivity contribution in [1.29, 1.82) is 0 Å². The smallest absolute Gasteiger partial charge is 0.248 e. The fraction of sp³-hybridized carbons (Fsp3) is 0.484. The topological polar surface area (TPSA) is 98.5 Å². The van der Waals surface area contributed by atoms with Crippen molar-refractivity contribution in [3.63, 3.8) is 0 Å². The van der Waals surface area contributed by atoms with E-state index in [0.717, 1.165) is 49.0 Å². The number of aromatic nitrogens is 2. The third-order valence-electron chi connectivity index (χ3n) is 7.21. The summed E-state index contributed by atoms with van der Waals surface area (Å²) in [5, 5.41) is 11.6. The van der Waals surface area contributed by atoms with Crippen molar-refractivity contribution in [3.05, 3.63) is 71.8 Å². The van der Waals surface area contributed by atoms with Gasteiger partial charge in [-0.3, -0.25) is 9.69 Å². The van der Waals surface area contributed by atoms with Gasteiger partial charge in [-0.05, 0) is 24.1 Å². The molecule has 2 aromatic carbocycles. The number of amides is 1. The van der Waals surface area contributed by atoms with Gasteiger partial charge in [0, 0.05) is 76.8 Å². The lowest BCUT2D eigenvalue weighted by atomic mass is 10.0. The Labute approximate surface area is 250 Å². The molecule has 0 saturated carbocycles. The van der Waals surface area contributed by atoms with Crippen molar-refractivity contribution in [2.45, 2.75) is 38.5 Å². The first-order valence-corrected chi connectivity index (χ1v) is 14.3. The summed E-state index contributed by atoms with van der Waals surface area (Å²) in [7, 11) is 3.01. The molecule has 0 radical (unpaired) electrons. The van der Waals surface area contributed by atoms with Gasteiger partial charge in [-0.2, -0.15) is 0 Å². The molecule has 2 heterocycles. The maximum Gasteiger partial charge on any atom is 0.248 e. The minimum absolute atomic E-state index is 0.0294. The van der Waals surface area contributed by atoms with Crippen LogP contribution in [0.2, 0.25) is 0 Å². The molecule has 0 unspecified atom stereocenters. The van der Waals surface area contributed by atoms with E-state index in [0.29, 0.717) is 37.7 Å². The number of aliphatic hydroxyl groups is 1. The molecule has 0 spiro atoms. The van der Waals surface area contributed by atoms with Crippen LogP contribution in [-0.4, -0.2) is 96.2 Å². The highest BCUT2D eigenvalue weighted by atomic mass is 19.1. The molecule has 1 aromatic heterocycles. The van der Waals surface area contributed by atoms with E-state index in [1.54, 1.807) is 13.3 Å². The van der Waals surface area contributed by atoms with Crippen LogP contribution in [0.3, 0.4) is 0 Å². The highest BCUT2D eigenvalue weighted by Crippen LogP contribution is 2.29. The molecule has 12 heteroatoms. The summed E-state index contributed by atoms with van der Waals surface area (Å²) >= 11 is 0. The fourth-order valence-corrected chi connectivity index (χ4v) is 5.19. The monoisotopic (exact) mass is 602 g/mol. The van der Waals surface area contributed by atoms with Crippen LogP contribution < -0.4 is 14.2 Å². The first kappa shape index (κ1) is 32.2. The number of carbonyl (C=O) groups excluding carboxylic acids is 1. The summed E-state index contributed by atoms with van der Waals surface area (Å²) in [5.74, 6) is 0.371. The molecule has 10 nitrogen and oxygen atoms in total. The van der Waals surface area contributed by atoms with Gasteiger partial charge in [-0.25, -0.2) is 13.8 Å². The summed E-state index contributed by atoms with van der Waals surface area (Å²) in [6.45, 7) is 4.38. The van der Waals surface area contributed by atoms with Crippen molar-refractivity contribution in [2.24, 2.45) is 0 Å². The van der Waals surface area contributed by atoms with E-state index in [4.69, 9.17) is 18.9 Å². The molecule has 0 aliphatic carbocycles. The molecule has 1 N–H and O–H groups in total. The van der Waals surface area contributed by atoms with Crippen molar-refractivity contribution in [1.82, 2.24) is 19.4 Å². The van der Waals surface area contributed by atoms with Crippen LogP contribution in [0, 0.1) is 11.6 Å². The second kappa shape index (κ2) is 15.1. The maximum atomic E-state index is 13.7. The van der Waals surface area contributed by atoms with Crippen LogP contribution in [0.15, 0.2) is 48.8 Å². The molecule has 1 saturated heterocycles. The van der Waals surface area contributed by atoms with Gasteiger partial charge in [-0.1, -0.05) is 13.0 Å². The number of hydrogen-bond acceptors (Lipinski definition) is 8. The van der Waals surface area contributed by atoms with Crippen molar-refractivity contribution < 1.29 is 37.6 Å². The minimum Gasteiger partial charge on any atom is -0.493 e. The zero-order valence-electron chi connectivity index (χ0n) is 24.9. The summed E-state index contributed by atoms with van der Waals surface area (Å²) in [6.07, 6.45) is 5.46. The largest absolute Gasteiger partial charge is 0.493 e. The lowest BCUT2D eigenvalue weighted by Crippen LogP contribution is -2.52. The van der Waals surface area contributed by atoms with Crippen LogP contribution in [0.25, 0.3) is 0 Å². The number of carbonyl (C=O) groups is 1. The van der Waals surface area contributed by atoms with Crippen molar-refractivity contribution in [2.75, 3.05) is 60.2 Å². The van der Waals surface area contributed by atoms with E-state index >= 15 is 0 Å². The lowest BCUT2D eigenvalue weighted by Gasteiger charge is -2.33. The van der Waals surface area contributed by atoms with E-state index < -0.39 is 17.2 Å². The molecular weight excluding hydrogens is 562 g/mol. The quantitative estimate of drug-likeness (QED) is 0.281. The zero-order chi connectivity index (χ0) is 30.8. The molecule has 234 valence electrons. The number of methoxy groups -OCH3 is 2. The van der Waals surface area contributed by atoms with Crippen LogP contribution in [0.1, 0.15) is 24.7 Å². The van der Waals surface area contributed by atoms with Crippen LogP contribution in [-0.2, 0) is 29.0 Å². The number of nitrogens with zero attached hydrogens (tertiary/aromatic N) is 4. The molecule has 0 bridgehead atoms. The second-order valence-electron chi connectivity index (χ2n) is 10.7. The van der Waals surface area contributed by atoms with Crippen LogP contribution in [0.4, 0.5) is 8.78 Å². The Balaban J connectivity index is 1.41. The Kier molecular flexibility index (Phi) is 11.3. The highest BCUT2D eigenvalue weighted by molar-refractivity contribution is 5.77. The first-order valence-electron chi connectivity index (χ1n) is 14.3. The normalized spacial score (nSPS) is 17.5. The number of β-amino-alcohol motifs (C(OH)–C–C–N with tert-alkyl or cyclic N) is 1. The molecule has 4 rings (SSSR count). The number of aryl methyl sites for hydroxylation is 2. The Morgan fingerprint density at radius 3 is 2.56 bits per heavy atom. The molecule has 1 fully saturated rings. The summed E-state index contributed by atoms with van der Waals surface area (Å²) in [5.41, 5.74) is -0.606. The molecule has 43 heavy (non-hydrogen) atoms. The SMILES string of the molecule is CCc1nccn1CCCOc1ccc(CN2CCN(C(=O)COC)C[C@](O)(COc3cc(F)cc(F)c3)C2)cc1OC. The number of benzene rings is 2. The van der Waals surface area contributed by atoms with Gasteiger partial charge in [-0.15, -0.1) is 0 Å². The number of imidazole rings is 1. The fourth-order valence-electron chi connectivity index (χ4n) is 5.19. The van der Waals surface area contributed by atoms with E-state index in [2.05, 4.69) is 16.5 Å². The summed E-state index contributed by atoms with van der Waals surface area (Å²) in [6, 6.07) is 8.53. The maximum absolute atomic E-state index is 13.7. The van der Waals surface area contributed by atoms with Gasteiger partial charge < -0.3 is 33.5 Å². The number of ether oxygens (including phenoxy) is 4. The predicted octanol–water partition coefficient (Wildman–Crippen LogP) is 3.30. The van der Waals surface area contributed by atoms with Gasteiger partial charge in [0.25, 0.3) is 0 Å². The van der Waals surface area contributed by atoms with Gasteiger partial charge >= 0.3 is 0 Å². The molecular formula is C31H40F2N4O6. The number of halogens is 2. The van der Waals surface area contributed by atoms with E-state index in [1.165, 1.54) is 12.0 Å². The third kappa shape index (κ3) is 9.12. The van der Waals surface area contributed by atoms with E-state index in [9.17, 15) is 18.7 Å². The average molecular weight is 603 g/mol. The first-order chi connectivity index (χ1) is 20.7. The standard InChI is InChI=1S/C31H40F2N4O6/c1-4-29-34-8-10-36(29)9-5-13-42-27-7-6-23(14-28(27)41-3)18-35-11-12-37(30(38)19-40-2)21-31(39,20-35)22-43-26-16-24(32)15-25(33)17-26/h6-8,10,14-17,39H,4-5,9,11-13,18-22H2,1-3H3/t31-/m0/s1. The number of rotatable bonds is 14. The average Bonchev–Trinajstić information content (AvgIpc) is 3.36. The van der Waals surface area contributed by atoms with Gasteiger partial charge in [0.1, 0.15) is 42.0 Å². The van der Waals surface area contributed by atoms with Gasteiger partial charge in [0.05, 0.1) is 20.3 Å². The van der Waals surface area contributed by atoms with Crippen LogP contribution in [0.5, 0.6) is 17.2 Å². The Morgan fingerprint density at radius 2 is 1.84 bits per heavy atom. The summed E-state index contributed by atoms with van der Waals surface area (Å²) < 4.78 is 51.8. The predicted molar refractivity (Wildman–Crippen MR) is 155 cm³/mol. The summed E-state index contributed by atoms with van der Waals surface area (Å²) in [4.78, 5) is 20.6. The van der Waals surface area contributed by atoms with E-state index in [1.807, 2.05) is 29.3 Å². The highest BCUT2D eigenvalue weighted by Gasteiger charge is 2.37. The molecule has 1 aliphatic heterocycles. The molecule has 1 aliphatic rings. The Morgan fingerprint density at radius 1 is 1.05 bits per heavy atom. The second-order valence-corrected chi connectivity index (χ2v) is 10.7. The van der Waals surface area contributed by atoms with Crippen molar-refractivity contribution in [3.8, 4) is 17.2 Å². The lowest BCUT2D eigenvalue weighted by molar-refractivity contribution is -0.138. The van der Waals surface area contributed by atoms with Crippen LogP contribution >= 0.6 is 0 Å². The van der Waals surface area contributed by atoms with Crippen molar-refractivity contribution >= 4 is 5.91 Å². The van der Waals surface area contributed by atoms with Gasteiger partial charge in [0.2, 0.25) is 5.91 Å². The van der Waals surface area contributed by atoms with Gasteiger partial charge in [0.15, 0.2) is 11.5 Å². The minimum atomic E-state index is -1.53. The van der Waals surface area contributed by atoms with E-state index in [-0.39, 0.29) is 38.0 Å². The number of hydrogen-bond donors (Lipinski definition) is 1. The Hall–Kier alpha value is -3.74. The zero-order valence-corrected chi connectivity index (χ0v) is 24.9. The molecule has 1 amide bonds.